The highest BCUT2D eigenvalue weighted by Crippen LogP contribution is 2.24. The van der Waals surface area contributed by atoms with E-state index in [2.05, 4.69) is 10.4 Å². The lowest BCUT2D eigenvalue weighted by atomic mass is 10.1. The number of fused-ring (bicyclic) bond motifs is 3. The molecule has 0 unspecified atom stereocenters. The first-order valence-corrected chi connectivity index (χ1v) is 9.81. The number of amides is 1. The first-order chi connectivity index (χ1) is 13.6. The first-order valence-electron chi connectivity index (χ1n) is 8.93. The molecule has 0 saturated carbocycles. The van der Waals surface area contributed by atoms with Gasteiger partial charge in [0.15, 0.2) is 0 Å². The number of nitrogens with zero attached hydrogens (tertiary/aromatic N) is 3. The predicted molar refractivity (Wildman–Crippen MR) is 109 cm³/mol. The molecule has 8 heteroatoms. The van der Waals surface area contributed by atoms with Crippen molar-refractivity contribution < 1.29 is 9.53 Å². The Bertz CT molecular complexity index is 1220. The number of benzene rings is 1. The zero-order valence-electron chi connectivity index (χ0n) is 15.6. The van der Waals surface area contributed by atoms with Crippen molar-refractivity contribution >= 4 is 33.0 Å². The van der Waals surface area contributed by atoms with Crippen LogP contribution in [0, 0.1) is 6.92 Å². The molecule has 0 atom stereocenters. The Labute approximate surface area is 165 Å². The van der Waals surface area contributed by atoms with E-state index in [0.29, 0.717) is 24.3 Å². The van der Waals surface area contributed by atoms with E-state index in [0.717, 1.165) is 21.5 Å². The molecule has 0 bridgehead atoms. The predicted octanol–water partition coefficient (Wildman–Crippen LogP) is 2.39. The van der Waals surface area contributed by atoms with Crippen LogP contribution < -0.4 is 15.6 Å². The van der Waals surface area contributed by atoms with Crippen LogP contribution in [0.4, 0.5) is 0 Å². The summed E-state index contributed by atoms with van der Waals surface area (Å²) in [6.45, 7) is 2.21. The van der Waals surface area contributed by atoms with Crippen molar-refractivity contribution in [2.75, 3.05) is 13.7 Å². The minimum Gasteiger partial charge on any atom is -0.497 e. The number of methoxy groups -OCH3 is 1. The molecule has 7 nitrogen and oxygen atoms in total. The van der Waals surface area contributed by atoms with Crippen LogP contribution in [0.25, 0.3) is 15.7 Å². The van der Waals surface area contributed by atoms with Crippen molar-refractivity contribution in [3.63, 3.8) is 0 Å². The molecule has 0 radical (unpaired) electrons. The standard InChI is InChI=1S/C20H20N4O3S/c1-13-22-23(20(26)17-11-18-16(24(13)17)7-9-28-18)12-19(25)21-8-6-14-4-3-5-15(10-14)27-2/h3-5,7,9-11H,6,8,12H2,1-2H3,(H,21,25). The van der Waals surface area contributed by atoms with Gasteiger partial charge in [-0.1, -0.05) is 12.1 Å². The van der Waals surface area contributed by atoms with Crippen LogP contribution in [-0.4, -0.2) is 33.7 Å². The molecule has 0 aliphatic rings. The number of nitrogens with one attached hydrogen (secondary N) is 1. The maximum absolute atomic E-state index is 12.7. The maximum atomic E-state index is 12.7. The Morgan fingerprint density at radius 1 is 1.25 bits per heavy atom. The molecule has 144 valence electrons. The largest absolute Gasteiger partial charge is 0.497 e. The maximum Gasteiger partial charge on any atom is 0.291 e. The molecular weight excluding hydrogens is 376 g/mol. The summed E-state index contributed by atoms with van der Waals surface area (Å²) in [5.74, 6) is 1.22. The van der Waals surface area contributed by atoms with E-state index in [4.69, 9.17) is 4.74 Å². The summed E-state index contributed by atoms with van der Waals surface area (Å²) in [5.41, 5.74) is 2.31. The van der Waals surface area contributed by atoms with Crippen molar-refractivity contribution in [1.29, 1.82) is 0 Å². The van der Waals surface area contributed by atoms with Gasteiger partial charge in [-0.2, -0.15) is 5.10 Å². The van der Waals surface area contributed by atoms with Gasteiger partial charge < -0.3 is 10.1 Å². The van der Waals surface area contributed by atoms with E-state index >= 15 is 0 Å². The number of ether oxygens (including phenoxy) is 1. The molecular formula is C20H20N4O3S. The van der Waals surface area contributed by atoms with Crippen molar-refractivity contribution in [3.8, 4) is 5.75 Å². The molecule has 0 fully saturated rings. The van der Waals surface area contributed by atoms with Crippen LogP contribution in [0.2, 0.25) is 0 Å². The molecule has 1 aromatic carbocycles. The SMILES string of the molecule is COc1cccc(CCNC(=O)Cn2nc(C)n3c(cc4sccc43)c2=O)c1. The summed E-state index contributed by atoms with van der Waals surface area (Å²) in [6, 6.07) is 11.5. The fourth-order valence-corrected chi connectivity index (χ4v) is 4.11. The van der Waals surface area contributed by atoms with Gasteiger partial charge in [0.1, 0.15) is 23.6 Å². The number of rotatable bonds is 6. The number of hydrogen-bond acceptors (Lipinski definition) is 5. The van der Waals surface area contributed by atoms with Crippen LogP contribution in [0.1, 0.15) is 11.4 Å². The zero-order valence-corrected chi connectivity index (χ0v) is 16.5. The Hall–Kier alpha value is -3.13. The first kappa shape index (κ1) is 18.2. The number of carbonyl (C=O) groups excluding carboxylic acids is 1. The van der Waals surface area contributed by atoms with Gasteiger partial charge in [0.2, 0.25) is 5.91 Å². The van der Waals surface area contributed by atoms with Crippen molar-refractivity contribution in [2.24, 2.45) is 0 Å². The summed E-state index contributed by atoms with van der Waals surface area (Å²) in [5, 5.41) is 9.16. The fourth-order valence-electron chi connectivity index (χ4n) is 3.30. The molecule has 3 heterocycles. The van der Waals surface area contributed by atoms with E-state index in [1.54, 1.807) is 18.4 Å². The lowest BCUT2D eigenvalue weighted by molar-refractivity contribution is -0.121. The number of aromatic nitrogens is 3. The monoisotopic (exact) mass is 396 g/mol. The summed E-state index contributed by atoms with van der Waals surface area (Å²) in [6.07, 6.45) is 0.679. The normalized spacial score (nSPS) is 11.2. The second-order valence-electron chi connectivity index (χ2n) is 6.50. The summed E-state index contributed by atoms with van der Waals surface area (Å²) in [4.78, 5) is 25.0. The van der Waals surface area contributed by atoms with E-state index < -0.39 is 0 Å². The Kier molecular flexibility index (Phi) is 4.87. The summed E-state index contributed by atoms with van der Waals surface area (Å²) >= 11 is 1.58. The lowest BCUT2D eigenvalue weighted by Crippen LogP contribution is -2.35. The molecule has 0 spiro atoms. The highest BCUT2D eigenvalue weighted by Gasteiger charge is 2.14. The zero-order chi connectivity index (χ0) is 19.7. The van der Waals surface area contributed by atoms with E-state index in [1.807, 2.05) is 53.1 Å². The number of aryl methyl sites for hydroxylation is 1. The van der Waals surface area contributed by atoms with Crippen LogP contribution >= 0.6 is 11.3 Å². The minimum absolute atomic E-state index is 0.104. The van der Waals surface area contributed by atoms with Gasteiger partial charge in [-0.05, 0) is 48.6 Å². The smallest absolute Gasteiger partial charge is 0.291 e. The van der Waals surface area contributed by atoms with Crippen molar-refractivity contribution in [1.82, 2.24) is 19.5 Å². The van der Waals surface area contributed by atoms with Gasteiger partial charge in [-0.3, -0.25) is 14.0 Å². The minimum atomic E-state index is -0.267. The molecule has 28 heavy (non-hydrogen) atoms. The molecule has 4 rings (SSSR count). The third-order valence-corrected chi connectivity index (χ3v) is 5.48. The second kappa shape index (κ2) is 7.47. The van der Waals surface area contributed by atoms with Gasteiger partial charge in [-0.15, -0.1) is 11.3 Å². The quantitative estimate of drug-likeness (QED) is 0.543. The third kappa shape index (κ3) is 3.38. The van der Waals surface area contributed by atoms with E-state index in [1.165, 1.54) is 4.68 Å². The lowest BCUT2D eigenvalue weighted by Gasteiger charge is -2.09. The highest BCUT2D eigenvalue weighted by atomic mass is 32.1. The van der Waals surface area contributed by atoms with Gasteiger partial charge in [0.25, 0.3) is 5.56 Å². The molecule has 4 aromatic rings. The van der Waals surface area contributed by atoms with Crippen molar-refractivity contribution in [2.45, 2.75) is 19.9 Å². The highest BCUT2D eigenvalue weighted by molar-refractivity contribution is 7.17. The van der Waals surface area contributed by atoms with Gasteiger partial charge in [0.05, 0.1) is 17.3 Å². The van der Waals surface area contributed by atoms with Crippen LogP contribution in [0.3, 0.4) is 0 Å². The molecule has 0 saturated heterocycles. The number of thiophene rings is 1. The molecule has 0 aliphatic heterocycles. The van der Waals surface area contributed by atoms with Gasteiger partial charge in [-0.25, -0.2) is 4.68 Å². The molecule has 3 aromatic heterocycles. The Morgan fingerprint density at radius 3 is 2.93 bits per heavy atom. The number of hydrogen-bond donors (Lipinski definition) is 1. The third-order valence-electron chi connectivity index (χ3n) is 4.63. The van der Waals surface area contributed by atoms with Crippen LogP contribution in [0.15, 0.2) is 46.6 Å². The van der Waals surface area contributed by atoms with Crippen molar-refractivity contribution in [3.05, 3.63) is 63.5 Å². The van der Waals surface area contributed by atoms with Crippen LogP contribution in [-0.2, 0) is 17.8 Å². The average molecular weight is 396 g/mol. The topological polar surface area (TPSA) is 77.6 Å². The van der Waals surface area contributed by atoms with Gasteiger partial charge in [0, 0.05) is 6.54 Å². The molecule has 0 aliphatic carbocycles. The number of carbonyl (C=O) groups is 1. The molecule has 1 N–H and O–H groups in total. The Balaban J connectivity index is 1.46. The van der Waals surface area contributed by atoms with E-state index in [-0.39, 0.29) is 18.0 Å². The summed E-state index contributed by atoms with van der Waals surface area (Å²) < 4.78 is 9.30. The van der Waals surface area contributed by atoms with E-state index in [9.17, 15) is 9.59 Å². The Morgan fingerprint density at radius 2 is 2.11 bits per heavy atom. The average Bonchev–Trinajstić information content (AvgIpc) is 3.27. The fraction of sp³-hybridized carbons (Fsp3) is 0.250. The summed E-state index contributed by atoms with van der Waals surface area (Å²) in [7, 11) is 1.62. The molecule has 1 amide bonds. The second-order valence-corrected chi connectivity index (χ2v) is 7.44. The van der Waals surface area contributed by atoms with Crippen LogP contribution in [0.5, 0.6) is 5.75 Å². The van der Waals surface area contributed by atoms with Gasteiger partial charge >= 0.3 is 0 Å².